The van der Waals surface area contributed by atoms with E-state index in [1.54, 1.807) is 30.3 Å². The molecule has 0 unspecified atom stereocenters. The molecule has 0 heterocycles. The molecule has 0 fully saturated rings. The van der Waals surface area contributed by atoms with Crippen LogP contribution in [0.3, 0.4) is 0 Å². The highest BCUT2D eigenvalue weighted by Gasteiger charge is 2.07. The average Bonchev–Trinajstić information content (AvgIpc) is 2.66. The highest BCUT2D eigenvalue weighted by Crippen LogP contribution is 2.25. The van der Waals surface area contributed by atoms with Gasteiger partial charge in [0.2, 0.25) is 0 Å². The molecule has 136 valence electrons. The SMILES string of the molecule is O=C(Nc1ccc(Oc2ccc([N+](=O)[O-])cc2)cc1)Nc1ccccc1F. The Morgan fingerprint density at radius 1 is 0.889 bits per heavy atom. The maximum Gasteiger partial charge on any atom is 0.323 e. The first kappa shape index (κ1) is 17.9. The van der Waals surface area contributed by atoms with Crippen LogP contribution in [0.15, 0.2) is 72.8 Å². The van der Waals surface area contributed by atoms with Gasteiger partial charge in [-0.3, -0.25) is 10.1 Å². The van der Waals surface area contributed by atoms with E-state index in [9.17, 15) is 19.3 Å². The van der Waals surface area contributed by atoms with Crippen molar-refractivity contribution in [3.05, 3.63) is 88.7 Å². The Morgan fingerprint density at radius 3 is 2.07 bits per heavy atom. The molecule has 0 radical (unpaired) electrons. The maximum absolute atomic E-state index is 13.5. The van der Waals surface area contributed by atoms with Gasteiger partial charge in [-0.2, -0.15) is 0 Å². The lowest BCUT2D eigenvalue weighted by atomic mass is 10.3. The lowest BCUT2D eigenvalue weighted by Crippen LogP contribution is -2.19. The molecule has 0 aliphatic rings. The molecule has 0 aliphatic heterocycles. The second-order valence-electron chi connectivity index (χ2n) is 5.44. The molecule has 0 saturated carbocycles. The molecule has 3 aromatic rings. The topological polar surface area (TPSA) is 93.5 Å². The first-order valence-electron chi connectivity index (χ1n) is 7.86. The number of carbonyl (C=O) groups is 1. The van der Waals surface area contributed by atoms with Crippen molar-refractivity contribution in [2.24, 2.45) is 0 Å². The molecule has 0 saturated heterocycles. The zero-order valence-electron chi connectivity index (χ0n) is 13.9. The zero-order valence-corrected chi connectivity index (χ0v) is 13.9. The van der Waals surface area contributed by atoms with Crippen molar-refractivity contribution < 1.29 is 18.8 Å². The van der Waals surface area contributed by atoms with Gasteiger partial charge in [0, 0.05) is 17.8 Å². The number of benzene rings is 3. The van der Waals surface area contributed by atoms with Gasteiger partial charge in [0.05, 0.1) is 10.6 Å². The third-order valence-electron chi connectivity index (χ3n) is 3.52. The van der Waals surface area contributed by atoms with E-state index in [1.807, 2.05) is 0 Å². The first-order chi connectivity index (χ1) is 13.0. The van der Waals surface area contributed by atoms with Crippen molar-refractivity contribution in [1.82, 2.24) is 0 Å². The summed E-state index contributed by atoms with van der Waals surface area (Å²) in [6.45, 7) is 0. The van der Waals surface area contributed by atoms with Crippen LogP contribution in [0.1, 0.15) is 0 Å². The van der Waals surface area contributed by atoms with Gasteiger partial charge in [0.1, 0.15) is 17.3 Å². The van der Waals surface area contributed by atoms with Crippen molar-refractivity contribution in [3.8, 4) is 11.5 Å². The third-order valence-corrected chi connectivity index (χ3v) is 3.52. The lowest BCUT2D eigenvalue weighted by Gasteiger charge is -2.09. The van der Waals surface area contributed by atoms with E-state index >= 15 is 0 Å². The van der Waals surface area contributed by atoms with Gasteiger partial charge >= 0.3 is 6.03 Å². The third kappa shape index (κ3) is 4.79. The summed E-state index contributed by atoms with van der Waals surface area (Å²) in [6, 6.07) is 17.4. The van der Waals surface area contributed by atoms with Crippen LogP contribution >= 0.6 is 0 Å². The molecule has 0 bridgehead atoms. The molecule has 3 rings (SSSR count). The number of nitro benzene ring substituents is 1. The highest BCUT2D eigenvalue weighted by atomic mass is 19.1. The number of carbonyl (C=O) groups excluding carboxylic acids is 1. The first-order valence-corrected chi connectivity index (χ1v) is 7.86. The number of nitrogens with zero attached hydrogens (tertiary/aromatic N) is 1. The summed E-state index contributed by atoms with van der Waals surface area (Å²) < 4.78 is 19.1. The number of ether oxygens (including phenoxy) is 1. The molecule has 2 N–H and O–H groups in total. The second kappa shape index (κ2) is 7.96. The van der Waals surface area contributed by atoms with E-state index < -0.39 is 16.8 Å². The van der Waals surface area contributed by atoms with Gasteiger partial charge in [-0.05, 0) is 48.5 Å². The van der Waals surface area contributed by atoms with E-state index in [0.717, 1.165) is 0 Å². The Labute approximate surface area is 153 Å². The summed E-state index contributed by atoms with van der Waals surface area (Å²) in [4.78, 5) is 22.1. The summed E-state index contributed by atoms with van der Waals surface area (Å²) in [6.07, 6.45) is 0. The minimum atomic E-state index is -0.580. The Kier molecular flexibility index (Phi) is 5.27. The van der Waals surface area contributed by atoms with Crippen LogP contribution in [-0.2, 0) is 0 Å². The summed E-state index contributed by atoms with van der Waals surface area (Å²) in [5, 5.41) is 15.6. The zero-order chi connectivity index (χ0) is 19.2. The van der Waals surface area contributed by atoms with Gasteiger partial charge in [0.25, 0.3) is 5.69 Å². The molecular weight excluding hydrogens is 353 g/mol. The molecule has 27 heavy (non-hydrogen) atoms. The largest absolute Gasteiger partial charge is 0.457 e. The second-order valence-corrected chi connectivity index (χ2v) is 5.44. The van der Waals surface area contributed by atoms with E-state index in [0.29, 0.717) is 17.2 Å². The average molecular weight is 367 g/mol. The predicted molar refractivity (Wildman–Crippen MR) is 98.7 cm³/mol. The number of para-hydroxylation sites is 1. The van der Waals surface area contributed by atoms with E-state index in [2.05, 4.69) is 10.6 Å². The van der Waals surface area contributed by atoms with Crippen LogP contribution in [0.25, 0.3) is 0 Å². The number of anilines is 2. The van der Waals surface area contributed by atoms with Gasteiger partial charge in [-0.25, -0.2) is 9.18 Å². The minimum absolute atomic E-state index is 0.0252. The van der Waals surface area contributed by atoms with E-state index in [-0.39, 0.29) is 11.4 Å². The fourth-order valence-corrected chi connectivity index (χ4v) is 2.23. The molecule has 0 aromatic heterocycles. The van der Waals surface area contributed by atoms with Crippen LogP contribution in [0.2, 0.25) is 0 Å². The normalized spacial score (nSPS) is 10.1. The summed E-state index contributed by atoms with van der Waals surface area (Å²) in [7, 11) is 0. The van der Waals surface area contributed by atoms with Crippen molar-refractivity contribution in [1.29, 1.82) is 0 Å². The molecule has 8 heteroatoms. The van der Waals surface area contributed by atoms with Crippen molar-refractivity contribution in [2.75, 3.05) is 10.6 Å². The number of amides is 2. The van der Waals surface area contributed by atoms with Crippen LogP contribution < -0.4 is 15.4 Å². The molecule has 3 aromatic carbocycles. The van der Waals surface area contributed by atoms with E-state index in [1.165, 1.54) is 42.5 Å². The van der Waals surface area contributed by atoms with Crippen LogP contribution in [0, 0.1) is 15.9 Å². The number of hydrogen-bond donors (Lipinski definition) is 2. The molecule has 0 atom stereocenters. The van der Waals surface area contributed by atoms with Gasteiger partial charge < -0.3 is 15.4 Å². The number of nitro groups is 1. The molecule has 0 aliphatic carbocycles. The predicted octanol–water partition coefficient (Wildman–Crippen LogP) is 5.17. The number of nitrogens with one attached hydrogen (secondary N) is 2. The van der Waals surface area contributed by atoms with E-state index in [4.69, 9.17) is 4.74 Å². The Balaban J connectivity index is 1.59. The molecule has 2 amide bonds. The van der Waals surface area contributed by atoms with Crippen LogP contribution in [0.4, 0.5) is 26.2 Å². The van der Waals surface area contributed by atoms with Gasteiger partial charge in [-0.15, -0.1) is 0 Å². The highest BCUT2D eigenvalue weighted by molar-refractivity contribution is 5.99. The van der Waals surface area contributed by atoms with Crippen molar-refractivity contribution in [3.63, 3.8) is 0 Å². The molecule has 0 spiro atoms. The van der Waals surface area contributed by atoms with Crippen molar-refractivity contribution in [2.45, 2.75) is 0 Å². The monoisotopic (exact) mass is 367 g/mol. The summed E-state index contributed by atoms with van der Waals surface area (Å²) in [5.41, 5.74) is 0.538. The Hall–Kier alpha value is -3.94. The van der Waals surface area contributed by atoms with Crippen LogP contribution in [-0.4, -0.2) is 11.0 Å². The number of rotatable bonds is 5. The fraction of sp³-hybridized carbons (Fsp3) is 0. The Bertz CT molecular complexity index is 959. The maximum atomic E-state index is 13.5. The molecule has 7 nitrogen and oxygen atoms in total. The lowest BCUT2D eigenvalue weighted by molar-refractivity contribution is -0.384. The van der Waals surface area contributed by atoms with Crippen LogP contribution in [0.5, 0.6) is 11.5 Å². The smallest absolute Gasteiger partial charge is 0.323 e. The minimum Gasteiger partial charge on any atom is -0.457 e. The summed E-state index contributed by atoms with van der Waals surface area (Å²) >= 11 is 0. The van der Waals surface area contributed by atoms with Gasteiger partial charge in [-0.1, -0.05) is 12.1 Å². The van der Waals surface area contributed by atoms with Gasteiger partial charge in [0.15, 0.2) is 0 Å². The fourth-order valence-electron chi connectivity index (χ4n) is 2.23. The number of hydrogen-bond acceptors (Lipinski definition) is 4. The summed E-state index contributed by atoms with van der Waals surface area (Å²) in [5.74, 6) is 0.405. The quantitative estimate of drug-likeness (QED) is 0.480. The Morgan fingerprint density at radius 2 is 1.48 bits per heavy atom. The standard InChI is InChI=1S/C19H14FN3O4/c20-17-3-1-2-4-18(17)22-19(24)21-13-5-9-15(10-6-13)27-16-11-7-14(8-12-16)23(25)26/h1-12H,(H2,21,22,24). The number of halogens is 1. The number of urea groups is 1. The van der Waals surface area contributed by atoms with Crippen molar-refractivity contribution >= 4 is 23.1 Å². The molecular formula is C19H14FN3O4. The number of non-ortho nitro benzene ring substituents is 1.